The molecular weight excluding hydrogens is 455 g/mol. The normalized spacial score (nSPS) is 13.7. The van der Waals surface area contributed by atoms with Crippen LogP contribution in [0.25, 0.3) is 11.1 Å². The standard InChI is InChI=1S/C28H26F3NO3/c1-3-34-27(33)26-18(2)12-14-24(32-26)22-11-7-10-21(22)23-16-20(28(29,30)31)13-15-25(23)35-17-19-8-5-4-6-9-19/h4-6,8-9,12-16H,3,7,10-11,17H2,1-2H3. The number of hydrogen-bond acceptors (Lipinski definition) is 4. The first-order valence-corrected chi connectivity index (χ1v) is 11.5. The third-order valence-electron chi connectivity index (χ3n) is 5.96. The highest BCUT2D eigenvalue weighted by atomic mass is 19.4. The molecule has 1 aliphatic carbocycles. The lowest BCUT2D eigenvalue weighted by Crippen LogP contribution is -2.10. The van der Waals surface area contributed by atoms with Gasteiger partial charge in [0.2, 0.25) is 0 Å². The number of ether oxygens (including phenoxy) is 2. The molecule has 2 aromatic carbocycles. The number of allylic oxidation sites excluding steroid dienone is 2. The molecule has 4 nitrogen and oxygen atoms in total. The minimum Gasteiger partial charge on any atom is -0.488 e. The number of halogens is 3. The number of esters is 1. The number of carbonyl (C=O) groups is 1. The summed E-state index contributed by atoms with van der Waals surface area (Å²) in [6.45, 7) is 3.96. The molecule has 3 aromatic rings. The van der Waals surface area contributed by atoms with Crippen molar-refractivity contribution in [3.63, 3.8) is 0 Å². The van der Waals surface area contributed by atoms with E-state index in [1.807, 2.05) is 30.3 Å². The van der Waals surface area contributed by atoms with Crippen molar-refractivity contribution in [1.82, 2.24) is 4.98 Å². The molecule has 1 heterocycles. The second-order valence-corrected chi connectivity index (χ2v) is 8.38. The first kappa shape index (κ1) is 24.5. The monoisotopic (exact) mass is 481 g/mol. The van der Waals surface area contributed by atoms with E-state index in [-0.39, 0.29) is 18.9 Å². The number of carbonyl (C=O) groups excluding carboxylic acids is 1. The van der Waals surface area contributed by atoms with Gasteiger partial charge in [-0.05, 0) is 79.6 Å². The van der Waals surface area contributed by atoms with Crippen LogP contribution in [-0.2, 0) is 17.5 Å². The quantitative estimate of drug-likeness (QED) is 0.333. The van der Waals surface area contributed by atoms with Crippen LogP contribution in [0, 0.1) is 6.92 Å². The minimum absolute atomic E-state index is 0.215. The minimum atomic E-state index is -4.48. The van der Waals surface area contributed by atoms with E-state index in [9.17, 15) is 18.0 Å². The predicted molar refractivity (Wildman–Crippen MR) is 128 cm³/mol. The van der Waals surface area contributed by atoms with E-state index in [2.05, 4.69) is 4.98 Å². The zero-order chi connectivity index (χ0) is 25.0. The molecule has 0 unspecified atom stereocenters. The van der Waals surface area contributed by atoms with Crippen LogP contribution >= 0.6 is 0 Å². The lowest BCUT2D eigenvalue weighted by atomic mass is 9.96. The Balaban J connectivity index is 1.79. The summed E-state index contributed by atoms with van der Waals surface area (Å²) in [7, 11) is 0. The number of nitrogens with zero attached hydrogens (tertiary/aromatic N) is 1. The van der Waals surface area contributed by atoms with Crippen LogP contribution < -0.4 is 4.74 Å². The molecule has 0 aliphatic heterocycles. The fourth-order valence-corrected chi connectivity index (χ4v) is 4.23. The van der Waals surface area contributed by atoms with Crippen molar-refractivity contribution in [2.24, 2.45) is 0 Å². The summed E-state index contributed by atoms with van der Waals surface area (Å²) < 4.78 is 51.9. The third-order valence-corrected chi connectivity index (χ3v) is 5.96. The van der Waals surface area contributed by atoms with Crippen molar-refractivity contribution in [3.8, 4) is 5.75 Å². The molecule has 0 fully saturated rings. The van der Waals surface area contributed by atoms with Crippen LogP contribution in [0.2, 0.25) is 0 Å². The maximum absolute atomic E-state index is 13.6. The molecule has 7 heteroatoms. The Morgan fingerprint density at radius 3 is 2.46 bits per heavy atom. The number of aromatic nitrogens is 1. The summed E-state index contributed by atoms with van der Waals surface area (Å²) in [6.07, 6.45) is -2.49. The highest BCUT2D eigenvalue weighted by Crippen LogP contribution is 2.44. The van der Waals surface area contributed by atoms with E-state index in [4.69, 9.17) is 9.47 Å². The molecule has 0 saturated carbocycles. The van der Waals surface area contributed by atoms with Crippen LogP contribution in [0.1, 0.15) is 64.6 Å². The van der Waals surface area contributed by atoms with Crippen molar-refractivity contribution in [2.45, 2.75) is 45.9 Å². The Morgan fingerprint density at radius 1 is 1.00 bits per heavy atom. The van der Waals surface area contributed by atoms with E-state index >= 15 is 0 Å². The summed E-state index contributed by atoms with van der Waals surface area (Å²) >= 11 is 0. The molecule has 1 aliphatic rings. The lowest BCUT2D eigenvalue weighted by molar-refractivity contribution is -0.137. The van der Waals surface area contributed by atoms with Crippen LogP contribution in [0.15, 0.2) is 60.7 Å². The lowest BCUT2D eigenvalue weighted by Gasteiger charge is -2.17. The number of pyridine rings is 1. The molecule has 0 spiro atoms. The molecule has 182 valence electrons. The van der Waals surface area contributed by atoms with Crippen LogP contribution in [0.5, 0.6) is 5.75 Å². The van der Waals surface area contributed by atoms with Crippen LogP contribution in [-0.4, -0.2) is 17.6 Å². The second-order valence-electron chi connectivity index (χ2n) is 8.38. The number of benzene rings is 2. The predicted octanol–water partition coefficient (Wildman–Crippen LogP) is 7.26. The average molecular weight is 482 g/mol. The second kappa shape index (κ2) is 10.3. The van der Waals surface area contributed by atoms with Crippen LogP contribution in [0.3, 0.4) is 0 Å². The largest absolute Gasteiger partial charge is 0.488 e. The number of rotatable bonds is 7. The Bertz CT molecular complexity index is 1250. The van der Waals surface area contributed by atoms with Crippen molar-refractivity contribution in [1.29, 1.82) is 0 Å². The van der Waals surface area contributed by atoms with E-state index in [0.29, 0.717) is 35.4 Å². The SMILES string of the molecule is CCOC(=O)c1nc(C2=C(c3cc(C(F)(F)F)ccc3OCc3ccccc3)CCC2)ccc1C. The van der Waals surface area contributed by atoms with Crippen molar-refractivity contribution in [2.75, 3.05) is 6.61 Å². The maximum atomic E-state index is 13.6. The number of aryl methyl sites for hydroxylation is 1. The van der Waals surface area contributed by atoms with Gasteiger partial charge in [-0.25, -0.2) is 9.78 Å². The van der Waals surface area contributed by atoms with Crippen molar-refractivity contribution < 1.29 is 27.4 Å². The van der Waals surface area contributed by atoms with Gasteiger partial charge in [0.15, 0.2) is 5.69 Å². The molecule has 0 atom stereocenters. The summed E-state index contributed by atoms with van der Waals surface area (Å²) in [5.41, 5.74) is 3.62. The van der Waals surface area contributed by atoms with Gasteiger partial charge in [-0.2, -0.15) is 13.2 Å². The Labute approximate surface area is 202 Å². The summed E-state index contributed by atoms with van der Waals surface area (Å²) in [4.78, 5) is 16.9. The Hall–Kier alpha value is -3.61. The van der Waals surface area contributed by atoms with Gasteiger partial charge in [-0.1, -0.05) is 36.4 Å². The van der Waals surface area contributed by atoms with E-state index in [1.54, 1.807) is 26.0 Å². The van der Waals surface area contributed by atoms with Gasteiger partial charge < -0.3 is 9.47 Å². The van der Waals surface area contributed by atoms with E-state index in [0.717, 1.165) is 35.3 Å². The summed E-state index contributed by atoms with van der Waals surface area (Å²) in [5.74, 6) is -0.132. The van der Waals surface area contributed by atoms with E-state index < -0.39 is 17.7 Å². The van der Waals surface area contributed by atoms with E-state index in [1.165, 1.54) is 6.07 Å². The molecule has 1 aromatic heterocycles. The summed E-state index contributed by atoms with van der Waals surface area (Å²) in [5, 5.41) is 0. The molecule has 35 heavy (non-hydrogen) atoms. The fraction of sp³-hybridized carbons (Fsp3) is 0.286. The van der Waals surface area contributed by atoms with Gasteiger partial charge in [0.1, 0.15) is 12.4 Å². The summed E-state index contributed by atoms with van der Waals surface area (Å²) in [6, 6.07) is 16.6. The highest BCUT2D eigenvalue weighted by molar-refractivity contribution is 5.95. The highest BCUT2D eigenvalue weighted by Gasteiger charge is 2.32. The number of hydrogen-bond donors (Lipinski definition) is 0. The third kappa shape index (κ3) is 5.56. The van der Waals surface area contributed by atoms with Crippen molar-refractivity contribution in [3.05, 3.63) is 94.3 Å². The first-order valence-electron chi connectivity index (χ1n) is 11.5. The van der Waals surface area contributed by atoms with Gasteiger partial charge >= 0.3 is 12.1 Å². The van der Waals surface area contributed by atoms with Gasteiger partial charge in [0.05, 0.1) is 17.9 Å². The van der Waals surface area contributed by atoms with Gasteiger partial charge in [-0.15, -0.1) is 0 Å². The molecule has 4 rings (SSSR count). The van der Waals surface area contributed by atoms with Gasteiger partial charge in [0.25, 0.3) is 0 Å². The molecule has 0 amide bonds. The van der Waals surface area contributed by atoms with Crippen molar-refractivity contribution >= 4 is 17.1 Å². The van der Waals surface area contributed by atoms with Gasteiger partial charge in [-0.3, -0.25) is 0 Å². The molecule has 0 radical (unpaired) electrons. The average Bonchev–Trinajstić information content (AvgIpc) is 3.33. The Kier molecular flexibility index (Phi) is 7.24. The van der Waals surface area contributed by atoms with Gasteiger partial charge in [0, 0.05) is 5.56 Å². The Morgan fingerprint density at radius 2 is 1.74 bits per heavy atom. The van der Waals surface area contributed by atoms with Crippen LogP contribution in [0.4, 0.5) is 13.2 Å². The molecule has 0 bridgehead atoms. The number of alkyl halides is 3. The molecule has 0 saturated heterocycles. The zero-order valence-corrected chi connectivity index (χ0v) is 19.6. The maximum Gasteiger partial charge on any atom is 0.416 e. The zero-order valence-electron chi connectivity index (χ0n) is 19.6. The molecular formula is C28H26F3NO3. The smallest absolute Gasteiger partial charge is 0.416 e. The topological polar surface area (TPSA) is 48.4 Å². The molecule has 0 N–H and O–H groups in total. The fourth-order valence-electron chi connectivity index (χ4n) is 4.23. The first-order chi connectivity index (χ1) is 16.8.